The van der Waals surface area contributed by atoms with Gasteiger partial charge in [-0.3, -0.25) is 0 Å². The molecule has 1 aromatic rings. The third kappa shape index (κ3) is 2.03. The quantitative estimate of drug-likeness (QED) is 0.807. The molecule has 1 aliphatic heterocycles. The van der Waals surface area contributed by atoms with Crippen LogP contribution in [0.4, 0.5) is 15.9 Å². The van der Waals surface area contributed by atoms with Gasteiger partial charge < -0.3 is 10.6 Å². The summed E-state index contributed by atoms with van der Waals surface area (Å²) >= 11 is 0. The SMILES string of the molecule is CCc1cc(N2CCC(F)C2)ncc1N. The van der Waals surface area contributed by atoms with E-state index in [1.54, 1.807) is 6.20 Å². The van der Waals surface area contributed by atoms with E-state index in [1.807, 2.05) is 11.0 Å². The van der Waals surface area contributed by atoms with E-state index in [9.17, 15) is 4.39 Å². The van der Waals surface area contributed by atoms with E-state index in [2.05, 4.69) is 11.9 Å². The number of halogens is 1. The Balaban J connectivity index is 2.21. The van der Waals surface area contributed by atoms with Gasteiger partial charge in [0.05, 0.1) is 18.4 Å². The highest BCUT2D eigenvalue weighted by Crippen LogP contribution is 2.23. The van der Waals surface area contributed by atoms with Crippen LogP contribution in [0.3, 0.4) is 0 Å². The number of aromatic nitrogens is 1. The molecular weight excluding hydrogens is 193 g/mol. The Morgan fingerprint density at radius 3 is 3.07 bits per heavy atom. The molecular formula is C11H16FN3. The number of nitrogen functional groups attached to an aromatic ring is 1. The van der Waals surface area contributed by atoms with Crippen LogP contribution in [0.15, 0.2) is 12.3 Å². The summed E-state index contributed by atoms with van der Waals surface area (Å²) in [5.41, 5.74) is 7.58. The zero-order valence-corrected chi connectivity index (χ0v) is 8.91. The minimum Gasteiger partial charge on any atom is -0.397 e. The molecule has 2 heterocycles. The average molecular weight is 209 g/mol. The highest BCUT2D eigenvalue weighted by atomic mass is 19.1. The van der Waals surface area contributed by atoms with Gasteiger partial charge in [0.15, 0.2) is 0 Å². The molecule has 0 radical (unpaired) electrons. The predicted octanol–water partition coefficient (Wildman–Crippen LogP) is 1.77. The second-order valence-electron chi connectivity index (χ2n) is 3.93. The molecule has 1 aromatic heterocycles. The zero-order chi connectivity index (χ0) is 10.8. The summed E-state index contributed by atoms with van der Waals surface area (Å²) in [6.45, 7) is 3.26. The van der Waals surface area contributed by atoms with Crippen LogP contribution in [0.1, 0.15) is 18.9 Å². The molecule has 0 aromatic carbocycles. The molecule has 1 atom stereocenters. The first kappa shape index (κ1) is 10.2. The van der Waals surface area contributed by atoms with Crippen LogP contribution in [0.5, 0.6) is 0 Å². The molecule has 1 aliphatic rings. The fourth-order valence-corrected chi connectivity index (χ4v) is 1.90. The molecule has 0 spiro atoms. The highest BCUT2D eigenvalue weighted by Gasteiger charge is 2.22. The number of aryl methyl sites for hydroxylation is 1. The molecule has 2 N–H and O–H groups in total. The normalized spacial score (nSPS) is 20.9. The maximum Gasteiger partial charge on any atom is 0.129 e. The van der Waals surface area contributed by atoms with E-state index in [1.165, 1.54) is 0 Å². The molecule has 0 bridgehead atoms. The topological polar surface area (TPSA) is 42.2 Å². The molecule has 0 amide bonds. The van der Waals surface area contributed by atoms with Crippen LogP contribution in [0, 0.1) is 0 Å². The third-order valence-corrected chi connectivity index (χ3v) is 2.85. The van der Waals surface area contributed by atoms with Gasteiger partial charge in [-0.2, -0.15) is 0 Å². The number of nitrogens with zero attached hydrogens (tertiary/aromatic N) is 2. The van der Waals surface area contributed by atoms with Crippen molar-refractivity contribution in [3.8, 4) is 0 Å². The van der Waals surface area contributed by atoms with Gasteiger partial charge in [0.1, 0.15) is 12.0 Å². The molecule has 2 rings (SSSR count). The summed E-state index contributed by atoms with van der Waals surface area (Å²) in [6, 6.07) is 1.97. The van der Waals surface area contributed by atoms with Crippen LogP contribution in [0.2, 0.25) is 0 Å². The van der Waals surface area contributed by atoms with E-state index >= 15 is 0 Å². The number of hydrogen-bond acceptors (Lipinski definition) is 3. The Bertz CT molecular complexity index is 354. The van der Waals surface area contributed by atoms with Gasteiger partial charge in [-0.05, 0) is 24.5 Å². The van der Waals surface area contributed by atoms with Gasteiger partial charge in [-0.25, -0.2) is 9.37 Å². The van der Waals surface area contributed by atoms with E-state index < -0.39 is 6.17 Å². The Hall–Kier alpha value is -1.32. The van der Waals surface area contributed by atoms with Crippen LogP contribution < -0.4 is 10.6 Å². The Labute approximate surface area is 89.1 Å². The largest absolute Gasteiger partial charge is 0.397 e. The van der Waals surface area contributed by atoms with Crippen molar-refractivity contribution in [3.05, 3.63) is 17.8 Å². The number of pyridine rings is 1. The van der Waals surface area contributed by atoms with Crippen molar-refractivity contribution < 1.29 is 4.39 Å². The van der Waals surface area contributed by atoms with Crippen LogP contribution >= 0.6 is 0 Å². The summed E-state index contributed by atoms with van der Waals surface area (Å²) in [4.78, 5) is 6.21. The van der Waals surface area contributed by atoms with E-state index in [-0.39, 0.29) is 0 Å². The number of nitrogens with two attached hydrogens (primary N) is 1. The van der Waals surface area contributed by atoms with Crippen molar-refractivity contribution in [1.82, 2.24) is 4.98 Å². The fourth-order valence-electron chi connectivity index (χ4n) is 1.90. The van der Waals surface area contributed by atoms with Gasteiger partial charge >= 0.3 is 0 Å². The van der Waals surface area contributed by atoms with Crippen molar-refractivity contribution >= 4 is 11.5 Å². The standard InChI is InChI=1S/C11H16FN3/c1-2-8-5-11(14-6-10(8)13)15-4-3-9(12)7-15/h5-6,9H,2-4,7,13H2,1H3. The summed E-state index contributed by atoms with van der Waals surface area (Å²) in [5, 5.41) is 0. The Morgan fingerprint density at radius 2 is 2.47 bits per heavy atom. The molecule has 82 valence electrons. The highest BCUT2D eigenvalue weighted by molar-refractivity contribution is 5.53. The van der Waals surface area contributed by atoms with Gasteiger partial charge in [0.25, 0.3) is 0 Å². The van der Waals surface area contributed by atoms with Crippen LogP contribution in [0.25, 0.3) is 0 Å². The smallest absolute Gasteiger partial charge is 0.129 e. The van der Waals surface area contributed by atoms with Gasteiger partial charge in [-0.15, -0.1) is 0 Å². The molecule has 1 saturated heterocycles. The van der Waals surface area contributed by atoms with Crippen LogP contribution in [-0.4, -0.2) is 24.2 Å². The molecule has 1 fully saturated rings. The minimum absolute atomic E-state index is 0.458. The van der Waals surface area contributed by atoms with Crippen molar-refractivity contribution in [2.45, 2.75) is 25.9 Å². The number of alkyl halides is 1. The molecule has 0 saturated carbocycles. The lowest BCUT2D eigenvalue weighted by Gasteiger charge is -2.17. The molecule has 15 heavy (non-hydrogen) atoms. The van der Waals surface area contributed by atoms with Crippen molar-refractivity contribution in [1.29, 1.82) is 0 Å². The molecule has 1 unspecified atom stereocenters. The maximum absolute atomic E-state index is 13.0. The molecule has 3 nitrogen and oxygen atoms in total. The van der Waals surface area contributed by atoms with Gasteiger partial charge in [0.2, 0.25) is 0 Å². The first-order valence-corrected chi connectivity index (χ1v) is 5.34. The Kier molecular flexibility index (Phi) is 2.75. The van der Waals surface area contributed by atoms with E-state index in [0.29, 0.717) is 13.0 Å². The second-order valence-corrected chi connectivity index (χ2v) is 3.93. The first-order valence-electron chi connectivity index (χ1n) is 5.34. The lowest BCUT2D eigenvalue weighted by Crippen LogP contribution is -2.21. The lowest BCUT2D eigenvalue weighted by molar-refractivity contribution is 0.364. The minimum atomic E-state index is -0.713. The number of rotatable bonds is 2. The number of anilines is 2. The monoisotopic (exact) mass is 209 g/mol. The summed E-state index contributed by atoms with van der Waals surface area (Å²) < 4.78 is 13.0. The third-order valence-electron chi connectivity index (χ3n) is 2.85. The first-order chi connectivity index (χ1) is 7.20. The average Bonchev–Trinajstić information content (AvgIpc) is 2.66. The summed E-state index contributed by atoms with van der Waals surface area (Å²) in [7, 11) is 0. The van der Waals surface area contributed by atoms with Crippen molar-refractivity contribution in [3.63, 3.8) is 0 Å². The molecule has 4 heteroatoms. The second kappa shape index (κ2) is 4.04. The predicted molar refractivity (Wildman–Crippen MR) is 59.8 cm³/mol. The maximum atomic E-state index is 13.0. The Morgan fingerprint density at radius 1 is 1.67 bits per heavy atom. The summed E-state index contributed by atoms with van der Waals surface area (Å²) in [5.74, 6) is 0.848. The lowest BCUT2D eigenvalue weighted by atomic mass is 10.2. The number of hydrogen-bond donors (Lipinski definition) is 1. The van der Waals surface area contributed by atoms with Crippen molar-refractivity contribution in [2.24, 2.45) is 0 Å². The fraction of sp³-hybridized carbons (Fsp3) is 0.545. The summed E-state index contributed by atoms with van der Waals surface area (Å²) in [6.07, 6.45) is 2.44. The van der Waals surface area contributed by atoms with E-state index in [4.69, 9.17) is 5.73 Å². The van der Waals surface area contributed by atoms with E-state index in [0.717, 1.165) is 30.0 Å². The zero-order valence-electron chi connectivity index (χ0n) is 8.91. The molecule has 0 aliphatic carbocycles. The van der Waals surface area contributed by atoms with Gasteiger partial charge in [-0.1, -0.05) is 6.92 Å². The van der Waals surface area contributed by atoms with Gasteiger partial charge in [0, 0.05) is 6.54 Å². The van der Waals surface area contributed by atoms with Crippen LogP contribution in [-0.2, 0) is 6.42 Å². The van der Waals surface area contributed by atoms with Crippen molar-refractivity contribution in [2.75, 3.05) is 23.7 Å².